The molecule has 1 unspecified atom stereocenters. The van der Waals surface area contributed by atoms with Crippen molar-refractivity contribution in [2.24, 2.45) is 0 Å². The van der Waals surface area contributed by atoms with Gasteiger partial charge in [-0.2, -0.15) is 0 Å². The first-order chi connectivity index (χ1) is 20.7. The van der Waals surface area contributed by atoms with Gasteiger partial charge in [0, 0.05) is 99.0 Å². The van der Waals surface area contributed by atoms with Gasteiger partial charge in [-0.05, 0) is 62.5 Å². The Labute approximate surface area is 252 Å². The smallest absolute Gasteiger partial charge is 0.275 e. The van der Waals surface area contributed by atoms with Crippen molar-refractivity contribution in [3.63, 3.8) is 0 Å². The second-order valence-electron chi connectivity index (χ2n) is 12.0. The van der Waals surface area contributed by atoms with Crippen LogP contribution in [0.5, 0.6) is 0 Å². The molecule has 2 aliphatic heterocycles. The van der Waals surface area contributed by atoms with Crippen LogP contribution < -0.4 is 10.2 Å². The Balaban J connectivity index is 1.17. The molecule has 3 aliphatic rings. The molecule has 3 heterocycles. The summed E-state index contributed by atoms with van der Waals surface area (Å²) in [6, 6.07) is 12.0. The molecule has 1 aromatic heterocycles. The number of alkyl halides is 2. The minimum Gasteiger partial charge on any atom is -0.368 e. The number of carbonyl (C=O) groups excluding carboxylic acids is 1. The fourth-order valence-corrected chi connectivity index (χ4v) is 6.14. The van der Waals surface area contributed by atoms with E-state index in [-0.39, 0.29) is 23.9 Å². The highest BCUT2D eigenvalue weighted by molar-refractivity contribution is 6.04. The molecule has 1 aliphatic carbocycles. The van der Waals surface area contributed by atoms with Crippen LogP contribution in [0.15, 0.2) is 54.9 Å². The maximum absolute atomic E-state index is 15.2. The lowest BCUT2D eigenvalue weighted by molar-refractivity contribution is -0.0257. The fourth-order valence-electron chi connectivity index (χ4n) is 6.14. The summed E-state index contributed by atoms with van der Waals surface area (Å²) in [5.74, 6) is 3.11. The van der Waals surface area contributed by atoms with Crippen molar-refractivity contribution >= 4 is 17.3 Å². The van der Waals surface area contributed by atoms with Crippen molar-refractivity contribution in [2.75, 3.05) is 76.7 Å². The molecule has 43 heavy (non-hydrogen) atoms. The summed E-state index contributed by atoms with van der Waals surface area (Å²) in [6.07, 6.45) is 3.39. The number of fused-ring (bicyclic) bond motifs is 1. The second-order valence-corrected chi connectivity index (χ2v) is 12.0. The van der Waals surface area contributed by atoms with E-state index in [4.69, 9.17) is 0 Å². The number of nitrogens with zero attached hydrogens (tertiary/aromatic N) is 5. The highest BCUT2D eigenvalue weighted by atomic mass is 19.3. The van der Waals surface area contributed by atoms with Crippen LogP contribution in [-0.2, 0) is 5.92 Å². The van der Waals surface area contributed by atoms with Crippen molar-refractivity contribution in [3.8, 4) is 11.8 Å². The van der Waals surface area contributed by atoms with Gasteiger partial charge in [0.25, 0.3) is 11.8 Å². The maximum atomic E-state index is 15.2. The Kier molecular flexibility index (Phi) is 8.19. The van der Waals surface area contributed by atoms with E-state index in [0.717, 1.165) is 74.7 Å². The number of aromatic nitrogens is 1. The quantitative estimate of drug-likeness (QED) is 0.454. The lowest BCUT2D eigenvalue weighted by Crippen LogP contribution is -2.45. The van der Waals surface area contributed by atoms with Gasteiger partial charge in [-0.25, -0.2) is 8.78 Å². The minimum atomic E-state index is -2.94. The molecular weight excluding hydrogens is 546 g/mol. The van der Waals surface area contributed by atoms with Gasteiger partial charge in [0.2, 0.25) is 0 Å². The summed E-state index contributed by atoms with van der Waals surface area (Å²) >= 11 is 0. The summed E-state index contributed by atoms with van der Waals surface area (Å²) in [6.45, 7) is 9.14. The van der Waals surface area contributed by atoms with Gasteiger partial charge in [0.15, 0.2) is 0 Å². The van der Waals surface area contributed by atoms with Crippen LogP contribution in [0.25, 0.3) is 0 Å². The Morgan fingerprint density at radius 3 is 2.37 bits per heavy atom. The predicted molar refractivity (Wildman–Crippen MR) is 166 cm³/mol. The van der Waals surface area contributed by atoms with Crippen molar-refractivity contribution in [1.29, 1.82) is 0 Å². The number of rotatable bonds is 4. The predicted octanol–water partition coefficient (Wildman–Crippen LogP) is 4.58. The number of likely N-dealkylation sites (N-methyl/N-ethyl adjacent to an activating group) is 2. The Morgan fingerprint density at radius 1 is 0.907 bits per heavy atom. The number of piperazine rings is 2. The van der Waals surface area contributed by atoms with Crippen molar-refractivity contribution in [1.82, 2.24) is 19.7 Å². The van der Waals surface area contributed by atoms with Gasteiger partial charge < -0.3 is 20.0 Å². The average molecular weight is 585 g/mol. The lowest BCUT2D eigenvalue weighted by atomic mass is 10.0. The van der Waals surface area contributed by atoms with E-state index in [2.05, 4.69) is 61.9 Å². The number of anilines is 2. The summed E-state index contributed by atoms with van der Waals surface area (Å²) < 4.78 is 30.3. The number of carbonyl (C=O) groups is 1. The second kappa shape index (κ2) is 12.0. The first-order valence-electron chi connectivity index (χ1n) is 14.9. The highest BCUT2D eigenvalue weighted by Crippen LogP contribution is 2.50. The Hall–Kier alpha value is -3.84. The number of hydrogen-bond donors (Lipinski definition) is 1. The molecule has 0 spiro atoms. The molecular formula is C34H38F2N6O. The fraction of sp³-hybridized carbons (Fsp3) is 0.412. The van der Waals surface area contributed by atoms with Crippen LogP contribution in [0.4, 0.5) is 20.2 Å². The maximum Gasteiger partial charge on any atom is 0.275 e. The topological polar surface area (TPSA) is 55.0 Å². The Bertz CT molecular complexity index is 1560. The Morgan fingerprint density at radius 2 is 1.63 bits per heavy atom. The van der Waals surface area contributed by atoms with Gasteiger partial charge in [-0.3, -0.25) is 14.7 Å². The molecule has 2 aromatic carbocycles. The molecule has 224 valence electrons. The molecule has 2 fully saturated rings. The SMILES string of the molecule is Cc1ccc(C(=O)Nc2ccc3c(c2)C(F)(F)CC3N2CCN(C)CC2)cc1C#Cc1cncc(N2CCN(C)CC2)c1. The minimum absolute atomic E-state index is 0.0112. The summed E-state index contributed by atoms with van der Waals surface area (Å²) in [7, 11) is 4.18. The summed E-state index contributed by atoms with van der Waals surface area (Å²) in [4.78, 5) is 26.6. The van der Waals surface area contributed by atoms with Crippen LogP contribution in [0.3, 0.4) is 0 Å². The summed E-state index contributed by atoms with van der Waals surface area (Å²) in [5.41, 5.74) is 4.99. The van der Waals surface area contributed by atoms with Gasteiger partial charge in [0.05, 0.1) is 11.9 Å². The van der Waals surface area contributed by atoms with Crippen LogP contribution in [0, 0.1) is 18.8 Å². The third-order valence-corrected chi connectivity index (χ3v) is 8.93. The van der Waals surface area contributed by atoms with E-state index >= 15 is 8.78 Å². The number of halogens is 2. The lowest BCUT2D eigenvalue weighted by Gasteiger charge is -2.36. The molecule has 0 saturated carbocycles. The number of benzene rings is 2. The largest absolute Gasteiger partial charge is 0.368 e. The molecule has 2 saturated heterocycles. The zero-order valence-electron chi connectivity index (χ0n) is 25.0. The molecule has 9 heteroatoms. The van der Waals surface area contributed by atoms with Crippen molar-refractivity contribution < 1.29 is 13.6 Å². The van der Waals surface area contributed by atoms with Crippen molar-refractivity contribution in [2.45, 2.75) is 25.3 Å². The first kappa shape index (κ1) is 29.2. The third-order valence-electron chi connectivity index (χ3n) is 8.93. The molecule has 0 radical (unpaired) electrons. The molecule has 7 nitrogen and oxygen atoms in total. The molecule has 0 bridgehead atoms. The van der Waals surface area contributed by atoms with Crippen LogP contribution in [0.1, 0.15) is 50.6 Å². The van der Waals surface area contributed by atoms with Crippen LogP contribution >= 0.6 is 0 Å². The normalized spacial score (nSPS) is 20.8. The number of amides is 1. The van der Waals surface area contributed by atoms with Crippen LogP contribution in [-0.4, -0.2) is 92.0 Å². The molecule has 3 aromatic rings. The van der Waals surface area contributed by atoms with Gasteiger partial charge in [0.1, 0.15) is 0 Å². The molecule has 1 N–H and O–H groups in total. The van der Waals surface area contributed by atoms with E-state index in [9.17, 15) is 4.79 Å². The van der Waals surface area contributed by atoms with E-state index in [1.807, 2.05) is 19.2 Å². The molecule has 6 rings (SSSR count). The zero-order chi connectivity index (χ0) is 30.1. The van der Waals surface area contributed by atoms with E-state index < -0.39 is 5.92 Å². The molecule has 1 atom stereocenters. The van der Waals surface area contributed by atoms with Gasteiger partial charge in [-0.15, -0.1) is 0 Å². The zero-order valence-corrected chi connectivity index (χ0v) is 25.0. The number of hydrogen-bond acceptors (Lipinski definition) is 6. The van der Waals surface area contributed by atoms with Crippen molar-refractivity contribution in [3.05, 3.63) is 88.2 Å². The number of pyridine rings is 1. The monoisotopic (exact) mass is 584 g/mol. The standard InChI is InChI=1S/C34H38F2N6O/c1-24-4-6-27(19-26(24)7-5-25-18-29(23-37-22-25)41-14-10-39(2)11-15-41)33(43)38-28-8-9-30-31(20-28)34(35,36)21-32(30)42-16-12-40(3)13-17-42/h4,6,8-9,18-20,22-23,32H,10-17,21H2,1-3H3,(H,38,43). The van der Waals surface area contributed by atoms with E-state index in [1.54, 1.807) is 30.5 Å². The van der Waals surface area contributed by atoms with E-state index in [1.165, 1.54) is 6.07 Å². The van der Waals surface area contributed by atoms with E-state index in [0.29, 0.717) is 16.8 Å². The number of nitrogens with one attached hydrogen (secondary N) is 1. The summed E-state index contributed by atoms with van der Waals surface area (Å²) in [5, 5.41) is 2.83. The number of aryl methyl sites for hydroxylation is 1. The average Bonchev–Trinajstić information content (AvgIpc) is 3.27. The van der Waals surface area contributed by atoms with Gasteiger partial charge >= 0.3 is 0 Å². The highest BCUT2D eigenvalue weighted by Gasteiger charge is 2.47. The van der Waals surface area contributed by atoms with Gasteiger partial charge in [-0.1, -0.05) is 24.0 Å². The third kappa shape index (κ3) is 6.42. The van der Waals surface area contributed by atoms with Crippen LogP contribution in [0.2, 0.25) is 0 Å². The first-order valence-corrected chi connectivity index (χ1v) is 14.9. The molecule has 1 amide bonds.